The molecule has 2 nitrogen and oxygen atoms in total. The molecule has 0 aliphatic heterocycles. The number of ketones is 1. The van der Waals surface area contributed by atoms with E-state index in [1.54, 1.807) is 0 Å². The molecule has 8 atom stereocenters. The van der Waals surface area contributed by atoms with Crippen LogP contribution >= 0.6 is 0 Å². The van der Waals surface area contributed by atoms with Gasteiger partial charge in [0.05, 0.1) is 6.10 Å². The molecule has 4 saturated carbocycles. The van der Waals surface area contributed by atoms with Crippen LogP contribution in [-0.4, -0.2) is 17.0 Å². The van der Waals surface area contributed by atoms with Gasteiger partial charge in [0.2, 0.25) is 0 Å². The summed E-state index contributed by atoms with van der Waals surface area (Å²) in [5.74, 6) is 4.16. The van der Waals surface area contributed by atoms with Crippen LogP contribution in [0, 0.1) is 40.4 Å². The van der Waals surface area contributed by atoms with Gasteiger partial charge in [-0.3, -0.25) is 4.79 Å². The molecule has 0 aromatic heterocycles. The highest BCUT2D eigenvalue weighted by Gasteiger charge is 2.61. The Labute approximate surface area is 135 Å². The van der Waals surface area contributed by atoms with E-state index in [2.05, 4.69) is 20.8 Å². The summed E-state index contributed by atoms with van der Waals surface area (Å²) < 4.78 is 0. The van der Waals surface area contributed by atoms with Crippen molar-refractivity contribution in [3.63, 3.8) is 0 Å². The van der Waals surface area contributed by atoms with Gasteiger partial charge in [0, 0.05) is 11.8 Å². The summed E-state index contributed by atoms with van der Waals surface area (Å²) in [7, 11) is 0. The van der Waals surface area contributed by atoms with Crippen LogP contribution in [0.15, 0.2) is 0 Å². The van der Waals surface area contributed by atoms with Gasteiger partial charge in [0.25, 0.3) is 0 Å². The Morgan fingerprint density at radius 2 is 1.82 bits per heavy atom. The summed E-state index contributed by atoms with van der Waals surface area (Å²) in [6.45, 7) is 7.23. The highest BCUT2D eigenvalue weighted by atomic mass is 16.3. The molecule has 1 unspecified atom stereocenters. The average Bonchev–Trinajstić information content (AvgIpc) is 2.77. The number of aliphatic hydroxyl groups is 1. The molecule has 4 rings (SSSR count). The van der Waals surface area contributed by atoms with Crippen molar-refractivity contribution in [2.75, 3.05) is 0 Å². The van der Waals surface area contributed by atoms with Crippen molar-refractivity contribution < 1.29 is 9.90 Å². The summed E-state index contributed by atoms with van der Waals surface area (Å²) >= 11 is 0. The third-order valence-corrected chi connectivity index (χ3v) is 8.71. The SMILES string of the molecule is CC1C[C@H]2C[C@@H](O)CC[C@]2(C)[C@H]2CC[C@]3(C)C(=O)CC[C@H]3[C@H]12. The third kappa shape index (κ3) is 1.85. The predicted molar refractivity (Wildman–Crippen MR) is 87.3 cm³/mol. The number of rotatable bonds is 0. The van der Waals surface area contributed by atoms with Gasteiger partial charge in [-0.2, -0.15) is 0 Å². The highest BCUT2D eigenvalue weighted by Crippen LogP contribution is 2.66. The zero-order chi connectivity index (χ0) is 15.7. The van der Waals surface area contributed by atoms with Crippen molar-refractivity contribution in [2.24, 2.45) is 40.4 Å². The molecule has 0 saturated heterocycles. The number of carbonyl (C=O) groups is 1. The van der Waals surface area contributed by atoms with Crippen LogP contribution in [0.3, 0.4) is 0 Å². The molecule has 4 fully saturated rings. The standard InChI is InChI=1S/C20H32O2/c1-12-10-13-11-14(21)6-8-19(13,2)16-7-9-20(3)15(18(12)16)4-5-17(20)22/h12-16,18,21H,4-11H2,1-3H3/t12?,13-,14-,15-,16-,18-,19-,20-/m0/s1. The lowest BCUT2D eigenvalue weighted by atomic mass is 9.43. The smallest absolute Gasteiger partial charge is 0.139 e. The summed E-state index contributed by atoms with van der Waals surface area (Å²) in [4.78, 5) is 12.5. The van der Waals surface area contributed by atoms with Crippen LogP contribution in [0.25, 0.3) is 0 Å². The van der Waals surface area contributed by atoms with Crippen molar-refractivity contribution in [3.05, 3.63) is 0 Å². The Hall–Kier alpha value is -0.370. The van der Waals surface area contributed by atoms with Crippen LogP contribution in [0.2, 0.25) is 0 Å². The molecule has 0 heterocycles. The maximum absolute atomic E-state index is 12.5. The number of carbonyl (C=O) groups excluding carboxylic acids is 1. The highest BCUT2D eigenvalue weighted by molar-refractivity contribution is 5.87. The van der Waals surface area contributed by atoms with Gasteiger partial charge in [0.1, 0.15) is 5.78 Å². The first-order chi connectivity index (χ1) is 10.4. The molecule has 0 bridgehead atoms. The predicted octanol–water partition coefficient (Wildman–Crippen LogP) is 4.21. The molecule has 22 heavy (non-hydrogen) atoms. The van der Waals surface area contributed by atoms with E-state index in [1.807, 2.05) is 0 Å². The second kappa shape index (κ2) is 4.82. The number of hydrogen-bond acceptors (Lipinski definition) is 2. The van der Waals surface area contributed by atoms with E-state index in [9.17, 15) is 9.90 Å². The van der Waals surface area contributed by atoms with Crippen molar-refractivity contribution in [1.82, 2.24) is 0 Å². The summed E-state index contributed by atoms with van der Waals surface area (Å²) in [5, 5.41) is 10.1. The number of aliphatic hydroxyl groups excluding tert-OH is 1. The lowest BCUT2D eigenvalue weighted by molar-refractivity contribution is -0.153. The number of Topliss-reactive ketones (excluding diaryl/α,β-unsaturated/α-hetero) is 1. The van der Waals surface area contributed by atoms with Crippen LogP contribution < -0.4 is 0 Å². The fourth-order valence-corrected chi connectivity index (χ4v) is 7.39. The first-order valence-corrected chi connectivity index (χ1v) is 9.57. The minimum absolute atomic E-state index is 0.00714. The van der Waals surface area contributed by atoms with E-state index in [1.165, 1.54) is 19.3 Å². The van der Waals surface area contributed by atoms with Crippen molar-refractivity contribution in [3.8, 4) is 0 Å². The van der Waals surface area contributed by atoms with Gasteiger partial charge in [-0.25, -0.2) is 0 Å². The van der Waals surface area contributed by atoms with Crippen LogP contribution in [-0.2, 0) is 4.79 Å². The van der Waals surface area contributed by atoms with Crippen molar-refractivity contribution in [2.45, 2.75) is 78.2 Å². The van der Waals surface area contributed by atoms with Gasteiger partial charge in [-0.15, -0.1) is 0 Å². The van der Waals surface area contributed by atoms with Gasteiger partial charge < -0.3 is 5.11 Å². The van der Waals surface area contributed by atoms with Gasteiger partial charge in [0.15, 0.2) is 0 Å². The van der Waals surface area contributed by atoms with Crippen LogP contribution in [0.5, 0.6) is 0 Å². The van der Waals surface area contributed by atoms with E-state index in [0.29, 0.717) is 23.0 Å². The zero-order valence-corrected chi connectivity index (χ0v) is 14.5. The molecule has 2 heteroatoms. The molecule has 0 radical (unpaired) electrons. The van der Waals surface area contributed by atoms with E-state index < -0.39 is 0 Å². The van der Waals surface area contributed by atoms with E-state index in [-0.39, 0.29) is 11.5 Å². The summed E-state index contributed by atoms with van der Waals surface area (Å²) in [5.41, 5.74) is 0.413. The first-order valence-electron chi connectivity index (χ1n) is 9.57. The Morgan fingerprint density at radius 3 is 2.59 bits per heavy atom. The number of hydrogen-bond donors (Lipinski definition) is 1. The molecule has 0 amide bonds. The molecule has 1 N–H and O–H groups in total. The second-order valence-electron chi connectivity index (χ2n) is 9.55. The van der Waals surface area contributed by atoms with Crippen LogP contribution in [0.4, 0.5) is 0 Å². The first kappa shape index (κ1) is 15.2. The lowest BCUT2D eigenvalue weighted by Crippen LogP contribution is -2.56. The zero-order valence-electron chi connectivity index (χ0n) is 14.5. The fourth-order valence-electron chi connectivity index (χ4n) is 7.39. The second-order valence-corrected chi connectivity index (χ2v) is 9.55. The Bertz CT molecular complexity index is 486. The van der Waals surface area contributed by atoms with E-state index in [0.717, 1.165) is 49.9 Å². The van der Waals surface area contributed by atoms with E-state index >= 15 is 0 Å². The monoisotopic (exact) mass is 304 g/mol. The normalized spacial score (nSPS) is 57.9. The fraction of sp³-hybridized carbons (Fsp3) is 0.950. The molecule has 0 aromatic carbocycles. The molecular weight excluding hydrogens is 272 g/mol. The number of fused-ring (bicyclic) bond motifs is 5. The molecule has 4 aliphatic carbocycles. The molecule has 0 spiro atoms. The topological polar surface area (TPSA) is 37.3 Å². The molecule has 124 valence electrons. The maximum atomic E-state index is 12.5. The quantitative estimate of drug-likeness (QED) is 0.728. The Balaban J connectivity index is 1.69. The molecule has 0 aromatic rings. The van der Waals surface area contributed by atoms with Gasteiger partial charge >= 0.3 is 0 Å². The minimum atomic E-state index is -0.0660. The molecule has 4 aliphatic rings. The largest absolute Gasteiger partial charge is 0.393 e. The third-order valence-electron chi connectivity index (χ3n) is 8.71. The lowest BCUT2D eigenvalue weighted by Gasteiger charge is -2.62. The Kier molecular flexibility index (Phi) is 3.32. The Morgan fingerprint density at radius 1 is 1.05 bits per heavy atom. The van der Waals surface area contributed by atoms with Gasteiger partial charge in [-0.05, 0) is 80.0 Å². The van der Waals surface area contributed by atoms with Crippen LogP contribution in [0.1, 0.15) is 72.1 Å². The summed E-state index contributed by atoms with van der Waals surface area (Å²) in [6.07, 6.45) is 8.76. The minimum Gasteiger partial charge on any atom is -0.393 e. The van der Waals surface area contributed by atoms with E-state index in [4.69, 9.17) is 0 Å². The van der Waals surface area contributed by atoms with Gasteiger partial charge in [-0.1, -0.05) is 20.8 Å². The summed E-state index contributed by atoms with van der Waals surface area (Å²) in [6, 6.07) is 0. The van der Waals surface area contributed by atoms with Crippen molar-refractivity contribution >= 4 is 5.78 Å². The maximum Gasteiger partial charge on any atom is 0.139 e. The van der Waals surface area contributed by atoms with Crippen molar-refractivity contribution in [1.29, 1.82) is 0 Å². The average molecular weight is 304 g/mol. The molecular formula is C20H32O2.